The molecule has 1 aromatic rings. The molecule has 1 rings (SSSR count). The van der Waals surface area contributed by atoms with Gasteiger partial charge in [-0.25, -0.2) is 4.79 Å². The number of hydrogen-bond donors (Lipinski definition) is 0. The van der Waals surface area contributed by atoms with Gasteiger partial charge in [0, 0.05) is 6.92 Å². The lowest BCUT2D eigenvalue weighted by Gasteiger charge is -2.05. The van der Waals surface area contributed by atoms with Crippen molar-refractivity contribution in [1.82, 2.24) is 0 Å². The van der Waals surface area contributed by atoms with E-state index in [1.165, 1.54) is 6.92 Å². The molecule has 0 aliphatic carbocycles. The maximum atomic E-state index is 11.2. The van der Waals surface area contributed by atoms with E-state index in [0.717, 1.165) is 0 Å². The Morgan fingerprint density at radius 1 is 1.11 bits per heavy atom. The normalized spacial score (nSPS) is 10.4. The lowest BCUT2D eigenvalue weighted by Crippen LogP contribution is -2.12. The Kier molecular flexibility index (Phi) is 4.70. The van der Waals surface area contributed by atoms with Crippen molar-refractivity contribution in [3.8, 4) is 0 Å². The maximum absolute atomic E-state index is 11.2. The molecule has 0 aromatic carbocycles. The first kappa shape index (κ1) is 14.0. The molecule has 0 saturated carbocycles. The average Bonchev–Trinajstić information content (AvgIpc) is 2.63. The summed E-state index contributed by atoms with van der Waals surface area (Å²) in [5.74, 6) is -2.11. The van der Waals surface area contributed by atoms with Crippen LogP contribution in [0.25, 0.3) is 0 Å². The van der Waals surface area contributed by atoms with E-state index < -0.39 is 17.8 Å². The van der Waals surface area contributed by atoms with E-state index in [2.05, 4.69) is 13.6 Å². The topological polar surface area (TPSA) is 96.0 Å². The van der Waals surface area contributed by atoms with E-state index in [0.29, 0.717) is 0 Å². The molecule has 100 valence electrons. The van der Waals surface area contributed by atoms with Crippen molar-refractivity contribution in [2.45, 2.75) is 34.0 Å². The molecule has 0 amide bonds. The van der Waals surface area contributed by atoms with Gasteiger partial charge in [-0.15, -0.1) is 0 Å². The molecule has 1 heterocycles. The van der Waals surface area contributed by atoms with Crippen molar-refractivity contribution >= 4 is 11.9 Å². The summed E-state index contributed by atoms with van der Waals surface area (Å²) < 4.78 is 18.9. The third-order valence-corrected chi connectivity index (χ3v) is 1.95. The van der Waals surface area contributed by atoms with E-state index in [-0.39, 0.29) is 30.7 Å². The second-order valence-electron chi connectivity index (χ2n) is 3.84. The Bertz CT molecular complexity index is 480. The molecule has 0 saturated heterocycles. The molecule has 0 aliphatic heterocycles. The quantitative estimate of drug-likeness (QED) is 0.726. The van der Waals surface area contributed by atoms with Crippen LogP contribution in [-0.2, 0) is 32.3 Å². The first-order valence-corrected chi connectivity index (χ1v) is 5.31. The molecule has 0 spiro atoms. The van der Waals surface area contributed by atoms with Crippen LogP contribution >= 0.6 is 0 Å². The van der Waals surface area contributed by atoms with E-state index in [4.69, 9.17) is 4.74 Å². The molecule has 0 N–H and O–H groups in total. The molecular formula is C11H14O7. The van der Waals surface area contributed by atoms with Crippen LogP contribution in [0.3, 0.4) is 0 Å². The Morgan fingerprint density at radius 3 is 2.06 bits per heavy atom. The summed E-state index contributed by atoms with van der Waals surface area (Å²) in [5, 5.41) is 0. The highest BCUT2D eigenvalue weighted by molar-refractivity contribution is 5.71. The van der Waals surface area contributed by atoms with Crippen LogP contribution in [0.5, 0.6) is 0 Å². The van der Waals surface area contributed by atoms with Crippen LogP contribution < -0.4 is 5.82 Å². The van der Waals surface area contributed by atoms with Gasteiger partial charge in [0.15, 0.2) is 24.7 Å². The van der Waals surface area contributed by atoms with Crippen molar-refractivity contribution in [2.24, 2.45) is 5.92 Å². The van der Waals surface area contributed by atoms with Crippen LogP contribution in [0, 0.1) is 5.92 Å². The van der Waals surface area contributed by atoms with Crippen LogP contribution in [0.2, 0.25) is 0 Å². The van der Waals surface area contributed by atoms with Gasteiger partial charge in [-0.1, -0.05) is 13.8 Å². The van der Waals surface area contributed by atoms with Crippen molar-refractivity contribution in [3.63, 3.8) is 0 Å². The maximum Gasteiger partial charge on any atom is 0.519 e. The predicted octanol–water partition coefficient (Wildman–Crippen LogP) is 0.995. The fourth-order valence-corrected chi connectivity index (χ4v) is 1.03. The van der Waals surface area contributed by atoms with Crippen molar-refractivity contribution in [2.75, 3.05) is 0 Å². The first-order chi connectivity index (χ1) is 8.40. The Morgan fingerprint density at radius 2 is 1.61 bits per heavy atom. The molecule has 7 heteroatoms. The smallest absolute Gasteiger partial charge is 0.458 e. The molecule has 18 heavy (non-hydrogen) atoms. The summed E-state index contributed by atoms with van der Waals surface area (Å²) in [6.45, 7) is 4.09. The second kappa shape index (κ2) is 6.04. The number of carbonyl (C=O) groups excluding carboxylic acids is 2. The second-order valence-corrected chi connectivity index (χ2v) is 3.84. The molecular weight excluding hydrogens is 244 g/mol. The van der Waals surface area contributed by atoms with Gasteiger partial charge in [0.2, 0.25) is 0 Å². The zero-order valence-electron chi connectivity index (χ0n) is 10.3. The third kappa shape index (κ3) is 4.08. The van der Waals surface area contributed by atoms with E-state index in [1.54, 1.807) is 13.8 Å². The molecule has 7 nitrogen and oxygen atoms in total. The van der Waals surface area contributed by atoms with Crippen LogP contribution in [0.15, 0.2) is 13.6 Å². The average molecular weight is 258 g/mol. The van der Waals surface area contributed by atoms with Gasteiger partial charge in [-0.2, -0.15) is 0 Å². The Labute approximate surface area is 103 Å². The monoisotopic (exact) mass is 258 g/mol. The Balaban J connectivity index is 2.67. The summed E-state index contributed by atoms with van der Waals surface area (Å²) in [5.41, 5.74) is 0. The molecule has 0 fully saturated rings. The highest BCUT2D eigenvalue weighted by Gasteiger charge is 2.17. The van der Waals surface area contributed by atoms with Crippen LogP contribution in [0.1, 0.15) is 32.3 Å². The molecule has 0 unspecified atom stereocenters. The van der Waals surface area contributed by atoms with Gasteiger partial charge < -0.3 is 18.3 Å². The molecule has 0 atom stereocenters. The summed E-state index contributed by atoms with van der Waals surface area (Å²) in [4.78, 5) is 32.8. The Hall–Kier alpha value is -2.05. The number of carbonyl (C=O) groups is 2. The minimum atomic E-state index is -0.937. The summed E-state index contributed by atoms with van der Waals surface area (Å²) in [7, 11) is 0. The minimum Gasteiger partial charge on any atom is -0.458 e. The predicted molar refractivity (Wildman–Crippen MR) is 57.3 cm³/mol. The van der Waals surface area contributed by atoms with E-state index in [9.17, 15) is 14.4 Å². The van der Waals surface area contributed by atoms with Gasteiger partial charge >= 0.3 is 17.8 Å². The zero-order valence-corrected chi connectivity index (χ0v) is 10.3. The van der Waals surface area contributed by atoms with Gasteiger partial charge in [0.1, 0.15) is 0 Å². The zero-order chi connectivity index (χ0) is 13.7. The van der Waals surface area contributed by atoms with Crippen molar-refractivity contribution in [1.29, 1.82) is 0 Å². The minimum absolute atomic E-state index is 0.0340. The molecule has 0 bridgehead atoms. The summed E-state index contributed by atoms with van der Waals surface area (Å²) >= 11 is 0. The third-order valence-electron chi connectivity index (χ3n) is 1.95. The van der Waals surface area contributed by atoms with Crippen LogP contribution in [0.4, 0.5) is 0 Å². The van der Waals surface area contributed by atoms with Gasteiger partial charge in [0.05, 0.1) is 5.92 Å². The van der Waals surface area contributed by atoms with Gasteiger partial charge in [0.25, 0.3) is 0 Å². The highest BCUT2D eigenvalue weighted by atomic mass is 16.6. The molecule has 1 aromatic heterocycles. The SMILES string of the molecule is CC(=O)OCc1oc(=O)oc1COC(=O)C(C)C. The number of rotatable bonds is 5. The number of esters is 2. The number of hydrogen-bond acceptors (Lipinski definition) is 7. The fourth-order valence-electron chi connectivity index (χ4n) is 1.03. The summed E-state index contributed by atoms with van der Waals surface area (Å²) in [6.07, 6.45) is 0. The van der Waals surface area contributed by atoms with E-state index in [1.807, 2.05) is 0 Å². The van der Waals surface area contributed by atoms with E-state index >= 15 is 0 Å². The van der Waals surface area contributed by atoms with Gasteiger partial charge in [-0.3, -0.25) is 9.59 Å². The van der Waals surface area contributed by atoms with Crippen LogP contribution in [-0.4, -0.2) is 11.9 Å². The molecule has 0 radical (unpaired) electrons. The summed E-state index contributed by atoms with van der Waals surface area (Å²) in [6, 6.07) is 0. The van der Waals surface area contributed by atoms with Crippen molar-refractivity contribution in [3.05, 3.63) is 22.1 Å². The number of ether oxygens (including phenoxy) is 2. The fraction of sp³-hybridized carbons (Fsp3) is 0.545. The standard InChI is InChI=1S/C11H14O7/c1-6(2)10(13)16-5-9-8(4-15-7(3)12)17-11(14)18-9/h6H,4-5H2,1-3H3. The van der Waals surface area contributed by atoms with Gasteiger partial charge in [-0.05, 0) is 0 Å². The lowest BCUT2D eigenvalue weighted by molar-refractivity contribution is -0.149. The van der Waals surface area contributed by atoms with Crippen molar-refractivity contribution < 1.29 is 27.9 Å². The lowest BCUT2D eigenvalue weighted by atomic mass is 10.2. The highest BCUT2D eigenvalue weighted by Crippen LogP contribution is 2.11. The molecule has 0 aliphatic rings. The first-order valence-electron chi connectivity index (χ1n) is 5.31. The largest absolute Gasteiger partial charge is 0.519 e.